The monoisotopic (exact) mass is 1630 g/mol. The Balaban J connectivity index is 0.000000162. The van der Waals surface area contributed by atoms with Gasteiger partial charge in [0.15, 0.2) is 0 Å². The molecule has 0 aliphatic rings. The first-order valence-electron chi connectivity index (χ1n) is 42.0. The Hall–Kier alpha value is -12.4. The van der Waals surface area contributed by atoms with Crippen molar-refractivity contribution in [1.29, 1.82) is 0 Å². The molecule has 4 aromatic heterocycles. The minimum Gasteiger partial charge on any atom is -0.508 e. The van der Waals surface area contributed by atoms with Crippen molar-refractivity contribution in [3.8, 4) is 130 Å². The summed E-state index contributed by atoms with van der Waals surface area (Å²) in [6, 6.07) is 93.4. The predicted octanol–water partition coefficient (Wildman–Crippen LogP) is 30.4. The van der Waals surface area contributed by atoms with Crippen molar-refractivity contribution in [2.24, 2.45) is 0 Å². The Labute approximate surface area is 712 Å². The van der Waals surface area contributed by atoms with Crippen molar-refractivity contribution >= 4 is 15.9 Å². The first-order chi connectivity index (χ1) is 57.5. The number of imidazole rings is 4. The number of benzene rings is 12. The molecule has 0 atom stereocenters. The van der Waals surface area contributed by atoms with Crippen molar-refractivity contribution in [2.75, 3.05) is 0 Å². The molecule has 0 amide bonds. The molecule has 0 aliphatic heterocycles. The summed E-state index contributed by atoms with van der Waals surface area (Å²) in [4.78, 5) is 19.5. The number of phenolic OH excluding ortho intramolecular Hbond substituents is 1. The van der Waals surface area contributed by atoms with Gasteiger partial charge < -0.3 is 9.84 Å². The molecule has 16 rings (SSSR count). The van der Waals surface area contributed by atoms with E-state index in [2.05, 4.69) is 394 Å². The molecule has 119 heavy (non-hydrogen) atoms. The molecular weight excluding hydrogens is 1520 g/mol. The van der Waals surface area contributed by atoms with Gasteiger partial charge in [-0.05, 0) is 209 Å². The van der Waals surface area contributed by atoms with Gasteiger partial charge in [-0.15, -0.1) is 0 Å². The fourth-order valence-electron chi connectivity index (χ4n) is 16.3. The quantitative estimate of drug-likeness (QED) is 0.0726. The van der Waals surface area contributed by atoms with E-state index in [1.54, 1.807) is 12.1 Å². The smallest absolute Gasteiger partial charge is 0.144 e. The minimum absolute atomic E-state index is 0.238. The van der Waals surface area contributed by atoms with Gasteiger partial charge in [-0.2, -0.15) is 0 Å². The van der Waals surface area contributed by atoms with E-state index in [0.29, 0.717) is 47.3 Å². The van der Waals surface area contributed by atoms with Crippen molar-refractivity contribution in [3.63, 3.8) is 0 Å². The first-order valence-corrected chi connectivity index (χ1v) is 42.8. The molecule has 0 bridgehead atoms. The van der Waals surface area contributed by atoms with Crippen LogP contribution in [0.25, 0.3) is 113 Å². The second kappa shape index (κ2) is 37.0. The average molecular weight is 1630 g/mol. The minimum atomic E-state index is 0.238. The molecule has 0 radical (unpaired) electrons. The molecule has 12 aromatic carbocycles. The van der Waals surface area contributed by atoms with Crippen molar-refractivity contribution in [1.82, 2.24) is 38.2 Å². The zero-order valence-electron chi connectivity index (χ0n) is 71.5. The number of aromatic nitrogens is 8. The maximum absolute atomic E-state index is 10.5. The fourth-order valence-corrected chi connectivity index (χ4v) is 16.8. The summed E-state index contributed by atoms with van der Waals surface area (Å²) < 4.78 is 17.1. The van der Waals surface area contributed by atoms with E-state index in [1.807, 2.05) is 55.2 Å². The lowest BCUT2D eigenvalue weighted by Crippen LogP contribution is -2.08. The molecule has 16 aromatic rings. The van der Waals surface area contributed by atoms with Gasteiger partial charge in [-0.3, -0.25) is 18.3 Å². The Morgan fingerprint density at radius 2 is 0.437 bits per heavy atom. The zero-order valence-corrected chi connectivity index (χ0v) is 73.0. The zero-order chi connectivity index (χ0) is 83.7. The van der Waals surface area contributed by atoms with Crippen LogP contribution < -0.4 is 4.74 Å². The number of para-hydroxylation sites is 4. The maximum Gasteiger partial charge on any atom is 0.144 e. The molecule has 0 fully saturated rings. The topological polar surface area (TPSA) is 101 Å². The molecular formula is C108H109BrN8O2. The highest BCUT2D eigenvalue weighted by Crippen LogP contribution is 2.44. The average Bonchev–Trinajstić information content (AvgIpc) is 1.72. The third-order valence-electron chi connectivity index (χ3n) is 22.2. The number of nitrogens with zero attached hydrogens (tertiary/aromatic N) is 8. The van der Waals surface area contributed by atoms with Crippen molar-refractivity contribution in [2.45, 2.75) is 158 Å². The standard InChI is InChI=1S/C54H54N4O.C27H27BrN2.C27H28N2O/c1-35(2)47-21-15-22-48(36(3)4)51(47)57-27-25-55-53(57)43-29-41(39-17-11-9-12-18-39)31-45(33-43)59-46-32-42(40-19-13-10-14-20-40)30-44(34-46)54-56-26-28-58(54)52-49(37(5)6)23-16-24-50(52)38(7)8;1-18(2)24-11-8-12-25(19(3)4)26(24)30-14-13-29-27(30)22-15-21(16-23(28)17-22)20-9-6-5-7-10-20;1-18(2)24-11-8-12-25(19(3)4)26(24)29-14-13-28-27(29)22-15-21(16-23(30)17-22)20-9-6-5-7-10-20/h9-38H,1-8H3;5-19H,1-4H3;5-19,30H,1-4H3. The van der Waals surface area contributed by atoms with Gasteiger partial charge in [-0.25, -0.2) is 19.9 Å². The Bertz CT molecular complexity index is 5660. The highest BCUT2D eigenvalue weighted by atomic mass is 79.9. The lowest BCUT2D eigenvalue weighted by atomic mass is 9.92. The molecule has 1 N–H and O–H groups in total. The van der Waals surface area contributed by atoms with E-state index < -0.39 is 0 Å². The SMILES string of the molecule is CC(C)c1cccc(C(C)C)c1-n1ccnc1-c1cc(Br)cc(-c2ccccc2)c1.CC(C)c1cccc(C(C)C)c1-n1ccnc1-c1cc(O)cc(-c2ccccc2)c1.CC(C)c1cccc(C(C)C)c1-n1ccnc1-c1cc(Oc2cc(-c3ccccc3)cc(-c3nccn3-c3c(C(C)C)cccc3C(C)C)c2)cc(-c2ccccc2)c1. The van der Waals surface area contributed by atoms with Crippen LogP contribution >= 0.6 is 15.9 Å². The van der Waals surface area contributed by atoms with Crippen LogP contribution in [-0.2, 0) is 0 Å². The maximum atomic E-state index is 10.5. The van der Waals surface area contributed by atoms with E-state index in [9.17, 15) is 5.11 Å². The lowest BCUT2D eigenvalue weighted by Gasteiger charge is -2.22. The Morgan fingerprint density at radius 3 is 0.689 bits per heavy atom. The summed E-state index contributed by atoms with van der Waals surface area (Å²) in [6.45, 7) is 36.0. The van der Waals surface area contributed by atoms with Gasteiger partial charge >= 0.3 is 0 Å². The van der Waals surface area contributed by atoms with Crippen LogP contribution in [-0.4, -0.2) is 43.3 Å². The van der Waals surface area contributed by atoms with Crippen molar-refractivity contribution < 1.29 is 9.84 Å². The highest BCUT2D eigenvalue weighted by Gasteiger charge is 2.26. The van der Waals surface area contributed by atoms with Crippen LogP contribution in [0.5, 0.6) is 17.2 Å². The third kappa shape index (κ3) is 18.5. The summed E-state index contributed by atoms with van der Waals surface area (Å²) in [5.74, 6) is 8.20. The van der Waals surface area contributed by atoms with Gasteiger partial charge in [0.2, 0.25) is 0 Å². The van der Waals surface area contributed by atoms with Gasteiger partial charge in [0.25, 0.3) is 0 Å². The molecule has 0 saturated carbocycles. The summed E-state index contributed by atoms with van der Waals surface area (Å²) in [5.41, 5.74) is 28.0. The molecule has 0 aliphatic carbocycles. The summed E-state index contributed by atoms with van der Waals surface area (Å²) in [7, 11) is 0. The summed E-state index contributed by atoms with van der Waals surface area (Å²) in [6.07, 6.45) is 15.9. The van der Waals surface area contributed by atoms with Crippen LogP contribution in [0.1, 0.15) is 203 Å². The number of rotatable bonds is 22. The van der Waals surface area contributed by atoms with E-state index in [4.69, 9.17) is 24.7 Å². The Morgan fingerprint density at radius 1 is 0.235 bits per heavy atom. The molecule has 4 heterocycles. The summed E-state index contributed by atoms with van der Waals surface area (Å²) in [5, 5.41) is 10.5. The third-order valence-corrected chi connectivity index (χ3v) is 22.7. The predicted molar refractivity (Wildman–Crippen MR) is 500 cm³/mol. The van der Waals surface area contributed by atoms with Crippen molar-refractivity contribution in [3.05, 3.63) is 365 Å². The Kier molecular flexibility index (Phi) is 25.8. The molecule has 0 saturated heterocycles. The van der Waals surface area contributed by atoms with Gasteiger partial charge in [0.1, 0.15) is 40.5 Å². The van der Waals surface area contributed by atoms with Gasteiger partial charge in [-0.1, -0.05) is 321 Å². The molecule has 11 heteroatoms. The lowest BCUT2D eigenvalue weighted by molar-refractivity contribution is 0.475. The van der Waals surface area contributed by atoms with E-state index >= 15 is 0 Å². The van der Waals surface area contributed by atoms with Crippen LogP contribution in [0, 0.1) is 0 Å². The number of hydrogen-bond donors (Lipinski definition) is 1. The van der Waals surface area contributed by atoms with Gasteiger partial charge in [0, 0.05) is 76.3 Å². The number of halogens is 1. The fraction of sp³-hybridized carbons (Fsp3) is 0.222. The van der Waals surface area contributed by atoms with Crippen LogP contribution in [0.15, 0.2) is 321 Å². The molecule has 10 nitrogen and oxygen atoms in total. The number of phenols is 1. The number of ether oxygens (including phenoxy) is 1. The van der Waals surface area contributed by atoms with Crippen LogP contribution in [0.4, 0.5) is 0 Å². The molecule has 600 valence electrons. The largest absolute Gasteiger partial charge is 0.508 e. The van der Waals surface area contributed by atoms with Crippen LogP contribution in [0.3, 0.4) is 0 Å². The van der Waals surface area contributed by atoms with E-state index in [0.717, 1.165) is 94.9 Å². The molecule has 0 spiro atoms. The normalized spacial score (nSPS) is 11.5. The number of hydrogen-bond acceptors (Lipinski definition) is 6. The van der Waals surface area contributed by atoms with Crippen LogP contribution in [0.2, 0.25) is 0 Å². The second-order valence-corrected chi connectivity index (χ2v) is 34.3. The van der Waals surface area contributed by atoms with E-state index in [-0.39, 0.29) is 5.75 Å². The molecule has 0 unspecified atom stereocenters. The summed E-state index contributed by atoms with van der Waals surface area (Å²) >= 11 is 3.72. The highest BCUT2D eigenvalue weighted by molar-refractivity contribution is 9.10. The second-order valence-electron chi connectivity index (χ2n) is 33.4. The van der Waals surface area contributed by atoms with E-state index in [1.165, 1.54) is 78.4 Å². The first kappa shape index (κ1) is 83.1. The van der Waals surface area contributed by atoms with Gasteiger partial charge in [0.05, 0.1) is 22.7 Å². The number of aromatic hydroxyl groups is 1.